The molecule has 1 aromatic heterocycles. The van der Waals surface area contributed by atoms with E-state index in [9.17, 15) is 4.79 Å². The van der Waals surface area contributed by atoms with Crippen molar-refractivity contribution in [1.29, 1.82) is 0 Å². The molecule has 1 rings (SSSR count). The molecule has 2 atom stereocenters. The van der Waals surface area contributed by atoms with E-state index in [-0.39, 0.29) is 12.3 Å². The Kier molecular flexibility index (Phi) is 3.74. The first-order valence-electron chi connectivity index (χ1n) is 4.83. The number of hydrogen-bond acceptors (Lipinski definition) is 2. The lowest BCUT2D eigenvalue weighted by atomic mass is 9.89. The predicted molar refractivity (Wildman–Crippen MR) is 53.0 cm³/mol. The smallest absolute Gasteiger partial charge is 0.303 e. The van der Waals surface area contributed by atoms with E-state index >= 15 is 0 Å². The molecule has 0 aliphatic heterocycles. The summed E-state index contributed by atoms with van der Waals surface area (Å²) < 4.78 is 5.21. The largest absolute Gasteiger partial charge is 0.481 e. The summed E-state index contributed by atoms with van der Waals surface area (Å²) in [5.74, 6) is 0.702. The Balaban J connectivity index is 2.41. The molecular weight excluding hydrogens is 180 g/mol. The molecule has 0 amide bonds. The molecule has 3 heteroatoms. The lowest BCUT2D eigenvalue weighted by Gasteiger charge is -2.16. The van der Waals surface area contributed by atoms with Gasteiger partial charge in [-0.1, -0.05) is 13.8 Å². The Morgan fingerprint density at radius 3 is 2.71 bits per heavy atom. The summed E-state index contributed by atoms with van der Waals surface area (Å²) in [6, 6.07) is 3.77. The summed E-state index contributed by atoms with van der Waals surface area (Å²) >= 11 is 0. The van der Waals surface area contributed by atoms with Crippen LogP contribution in [-0.4, -0.2) is 11.1 Å². The molecule has 78 valence electrons. The van der Waals surface area contributed by atoms with Gasteiger partial charge >= 0.3 is 5.97 Å². The van der Waals surface area contributed by atoms with Crippen LogP contribution in [0.25, 0.3) is 0 Å². The maximum Gasteiger partial charge on any atom is 0.303 e. The van der Waals surface area contributed by atoms with E-state index in [4.69, 9.17) is 9.52 Å². The highest BCUT2D eigenvalue weighted by Crippen LogP contribution is 2.19. The number of rotatable bonds is 5. The van der Waals surface area contributed by atoms with E-state index in [2.05, 4.69) is 6.92 Å². The first-order chi connectivity index (χ1) is 6.59. The fourth-order valence-electron chi connectivity index (χ4n) is 1.42. The van der Waals surface area contributed by atoms with Crippen molar-refractivity contribution in [2.45, 2.75) is 26.7 Å². The predicted octanol–water partition coefficient (Wildman–Crippen LogP) is 2.57. The molecule has 0 radical (unpaired) electrons. The van der Waals surface area contributed by atoms with Crippen molar-refractivity contribution in [3.63, 3.8) is 0 Å². The molecule has 0 saturated carbocycles. The van der Waals surface area contributed by atoms with Crippen LogP contribution in [0, 0.1) is 11.8 Å². The molecule has 0 fully saturated rings. The number of carboxylic acid groups (broad SMARTS) is 1. The van der Waals surface area contributed by atoms with Gasteiger partial charge in [0.1, 0.15) is 5.76 Å². The Morgan fingerprint density at radius 2 is 2.21 bits per heavy atom. The highest BCUT2D eigenvalue weighted by molar-refractivity contribution is 5.66. The molecule has 1 N–H and O–H groups in total. The van der Waals surface area contributed by atoms with Gasteiger partial charge in [-0.05, 0) is 24.0 Å². The van der Waals surface area contributed by atoms with Crippen molar-refractivity contribution in [2.75, 3.05) is 0 Å². The number of aliphatic carboxylic acids is 1. The maximum atomic E-state index is 10.5. The van der Waals surface area contributed by atoms with E-state index in [0.717, 1.165) is 12.2 Å². The third-order valence-corrected chi connectivity index (χ3v) is 2.57. The van der Waals surface area contributed by atoms with Gasteiger partial charge in [-0.15, -0.1) is 0 Å². The van der Waals surface area contributed by atoms with Crippen molar-refractivity contribution in [1.82, 2.24) is 0 Å². The number of carboxylic acids is 1. The number of carbonyl (C=O) groups is 1. The fourth-order valence-corrected chi connectivity index (χ4v) is 1.42. The second-order valence-electron chi connectivity index (χ2n) is 3.84. The van der Waals surface area contributed by atoms with Gasteiger partial charge in [0.05, 0.1) is 6.26 Å². The molecule has 0 spiro atoms. The topological polar surface area (TPSA) is 50.4 Å². The molecular formula is C11H16O3. The molecule has 0 aliphatic rings. The van der Waals surface area contributed by atoms with Gasteiger partial charge in [0, 0.05) is 12.8 Å². The van der Waals surface area contributed by atoms with Gasteiger partial charge < -0.3 is 9.52 Å². The minimum Gasteiger partial charge on any atom is -0.481 e. The van der Waals surface area contributed by atoms with Gasteiger partial charge in [-0.25, -0.2) is 0 Å². The Labute approximate surface area is 83.7 Å². The summed E-state index contributed by atoms with van der Waals surface area (Å²) in [5.41, 5.74) is 0. The molecule has 0 aliphatic carbocycles. The van der Waals surface area contributed by atoms with E-state index in [1.54, 1.807) is 6.26 Å². The second kappa shape index (κ2) is 4.84. The van der Waals surface area contributed by atoms with Crippen LogP contribution in [0.5, 0.6) is 0 Å². The van der Waals surface area contributed by atoms with Crippen LogP contribution < -0.4 is 0 Å². The van der Waals surface area contributed by atoms with Crippen LogP contribution in [0.1, 0.15) is 26.0 Å². The zero-order chi connectivity index (χ0) is 10.6. The summed E-state index contributed by atoms with van der Waals surface area (Å²) in [6.07, 6.45) is 2.67. The van der Waals surface area contributed by atoms with Crippen LogP contribution in [0.4, 0.5) is 0 Å². The van der Waals surface area contributed by atoms with Crippen molar-refractivity contribution in [2.24, 2.45) is 11.8 Å². The van der Waals surface area contributed by atoms with Crippen LogP contribution in [0.15, 0.2) is 22.8 Å². The van der Waals surface area contributed by atoms with E-state index in [1.165, 1.54) is 0 Å². The zero-order valence-corrected chi connectivity index (χ0v) is 8.56. The third-order valence-electron chi connectivity index (χ3n) is 2.57. The SMILES string of the molecule is CC(CC(=O)O)C(C)Cc1ccco1. The van der Waals surface area contributed by atoms with Crippen molar-refractivity contribution < 1.29 is 14.3 Å². The fraction of sp³-hybridized carbons (Fsp3) is 0.545. The second-order valence-corrected chi connectivity index (χ2v) is 3.84. The highest BCUT2D eigenvalue weighted by atomic mass is 16.4. The summed E-state index contributed by atoms with van der Waals surface area (Å²) in [5, 5.41) is 8.64. The summed E-state index contributed by atoms with van der Waals surface area (Å²) in [7, 11) is 0. The monoisotopic (exact) mass is 196 g/mol. The average molecular weight is 196 g/mol. The van der Waals surface area contributed by atoms with Crippen LogP contribution in [0.2, 0.25) is 0 Å². The minimum absolute atomic E-state index is 0.178. The quantitative estimate of drug-likeness (QED) is 0.787. The summed E-state index contributed by atoms with van der Waals surface area (Å²) in [6.45, 7) is 4.01. The summed E-state index contributed by atoms with van der Waals surface area (Å²) in [4.78, 5) is 10.5. The Morgan fingerprint density at radius 1 is 1.50 bits per heavy atom. The van der Waals surface area contributed by atoms with Gasteiger partial charge in [-0.3, -0.25) is 4.79 Å². The molecule has 0 saturated heterocycles. The first-order valence-corrected chi connectivity index (χ1v) is 4.83. The lowest BCUT2D eigenvalue weighted by Crippen LogP contribution is -2.14. The van der Waals surface area contributed by atoms with Crippen molar-refractivity contribution in [3.05, 3.63) is 24.2 Å². The third kappa shape index (κ3) is 3.24. The normalized spacial score (nSPS) is 15.0. The molecule has 1 aromatic rings. The molecule has 1 heterocycles. The molecule has 14 heavy (non-hydrogen) atoms. The van der Waals surface area contributed by atoms with Crippen molar-refractivity contribution >= 4 is 5.97 Å². The van der Waals surface area contributed by atoms with Gasteiger partial charge in [0.2, 0.25) is 0 Å². The number of hydrogen-bond donors (Lipinski definition) is 1. The zero-order valence-electron chi connectivity index (χ0n) is 8.56. The maximum absolute atomic E-state index is 10.5. The van der Waals surface area contributed by atoms with E-state index in [1.807, 2.05) is 19.1 Å². The van der Waals surface area contributed by atoms with Gasteiger partial charge in [0.25, 0.3) is 0 Å². The molecule has 2 unspecified atom stereocenters. The molecule has 0 aromatic carbocycles. The van der Waals surface area contributed by atoms with E-state index < -0.39 is 5.97 Å². The van der Waals surface area contributed by atoms with E-state index in [0.29, 0.717) is 5.92 Å². The molecule has 0 bridgehead atoms. The van der Waals surface area contributed by atoms with Crippen molar-refractivity contribution in [3.8, 4) is 0 Å². The Bertz CT molecular complexity index is 277. The lowest BCUT2D eigenvalue weighted by molar-refractivity contribution is -0.138. The minimum atomic E-state index is -0.733. The van der Waals surface area contributed by atoms with Crippen LogP contribution >= 0.6 is 0 Å². The first kappa shape index (κ1) is 10.8. The average Bonchev–Trinajstić information content (AvgIpc) is 2.55. The standard InChI is InChI=1S/C11H16O3/c1-8(9(2)7-11(12)13)6-10-4-3-5-14-10/h3-5,8-9H,6-7H2,1-2H3,(H,12,13). The van der Waals surface area contributed by atoms with Crippen LogP contribution in [-0.2, 0) is 11.2 Å². The molecule has 3 nitrogen and oxygen atoms in total. The van der Waals surface area contributed by atoms with Gasteiger partial charge in [0.15, 0.2) is 0 Å². The van der Waals surface area contributed by atoms with Gasteiger partial charge in [-0.2, -0.15) is 0 Å². The van der Waals surface area contributed by atoms with Crippen LogP contribution in [0.3, 0.4) is 0 Å². The number of furan rings is 1. The Hall–Kier alpha value is -1.25. The highest BCUT2D eigenvalue weighted by Gasteiger charge is 2.16.